The number of hydrogen-bond donors (Lipinski definition) is 4. The van der Waals surface area contributed by atoms with Crippen molar-refractivity contribution in [2.45, 2.75) is 60.3 Å². The summed E-state index contributed by atoms with van der Waals surface area (Å²) < 4.78 is 67.8. The molecule has 5 rings (SSSR count). The van der Waals surface area contributed by atoms with Crippen LogP contribution in [0.25, 0.3) is 0 Å². The van der Waals surface area contributed by atoms with Crippen LogP contribution in [0.2, 0.25) is 5.02 Å². The molecule has 2 bridgehead atoms. The third-order valence-electron chi connectivity index (χ3n) is 8.48. The van der Waals surface area contributed by atoms with E-state index >= 15 is 0 Å². The monoisotopic (exact) mass is 599 g/mol. The van der Waals surface area contributed by atoms with E-state index in [-0.39, 0.29) is 64.3 Å². The van der Waals surface area contributed by atoms with Gasteiger partial charge in [-0.1, -0.05) is 11.6 Å². The van der Waals surface area contributed by atoms with Gasteiger partial charge in [-0.05, 0) is 75.1 Å². The predicted molar refractivity (Wildman–Crippen MR) is 141 cm³/mol. The van der Waals surface area contributed by atoms with Gasteiger partial charge < -0.3 is 21.1 Å². The highest BCUT2D eigenvalue weighted by molar-refractivity contribution is 7.92. The Kier molecular flexibility index (Phi) is 7.90. The highest BCUT2D eigenvalue weighted by atomic mass is 35.5. The number of nitrogens with one attached hydrogen (secondary N) is 3. The number of benzene rings is 2. The number of fused-ring (bicyclic) bond motifs is 2. The molecule has 2 amide bonds. The molecule has 1 aliphatic heterocycles. The third kappa shape index (κ3) is 5.34. The Bertz CT molecular complexity index is 1410. The second kappa shape index (κ2) is 11.0. The molecule has 1 saturated heterocycles. The second-order valence-electron chi connectivity index (χ2n) is 10.8. The lowest BCUT2D eigenvalue weighted by molar-refractivity contribution is -0.126. The molecule has 13 heteroatoms. The van der Waals surface area contributed by atoms with Gasteiger partial charge in [-0.2, -0.15) is 0 Å². The fourth-order valence-electron chi connectivity index (χ4n) is 6.29. The first-order valence-electron chi connectivity index (χ1n) is 13.1. The van der Waals surface area contributed by atoms with Gasteiger partial charge in [0, 0.05) is 29.9 Å². The molecule has 0 spiro atoms. The van der Waals surface area contributed by atoms with Crippen LogP contribution in [0.4, 0.5) is 18.9 Å². The van der Waals surface area contributed by atoms with Crippen LogP contribution in [-0.4, -0.2) is 55.3 Å². The van der Waals surface area contributed by atoms with Crippen LogP contribution in [0.15, 0.2) is 35.2 Å². The topological polar surface area (TPSA) is 125 Å². The van der Waals surface area contributed by atoms with E-state index in [0.717, 1.165) is 25.5 Å². The first kappa shape index (κ1) is 28.8. The first-order valence-corrected chi connectivity index (χ1v) is 15.1. The van der Waals surface area contributed by atoms with Crippen LogP contribution in [0, 0.1) is 29.3 Å². The Morgan fingerprint density at radius 2 is 1.70 bits per heavy atom. The van der Waals surface area contributed by atoms with Crippen LogP contribution in [0.5, 0.6) is 0 Å². The Morgan fingerprint density at radius 1 is 1.05 bits per heavy atom. The van der Waals surface area contributed by atoms with Crippen LogP contribution in [-0.2, 0) is 14.6 Å². The maximum absolute atomic E-state index is 13.7. The molecule has 1 unspecified atom stereocenters. The highest BCUT2D eigenvalue weighted by Crippen LogP contribution is 2.52. The average molecular weight is 600 g/mol. The van der Waals surface area contributed by atoms with Crippen molar-refractivity contribution in [1.29, 1.82) is 0 Å². The summed E-state index contributed by atoms with van der Waals surface area (Å²) in [5.41, 5.74) is -1.70. The van der Waals surface area contributed by atoms with Crippen molar-refractivity contribution >= 4 is 38.9 Å². The van der Waals surface area contributed by atoms with Crippen LogP contribution in [0.3, 0.4) is 0 Å². The van der Waals surface area contributed by atoms with Crippen molar-refractivity contribution in [3.8, 4) is 0 Å². The SMILES string of the molecule is O=C(Nc1cc(F)c(F)c(F)c1)c1ccc(Cl)c(S(=O)(=O)[C@@H]2CC3CC[C@@H](C2)[C@@]3(O)CNC(=O)[C@@H]2CCCN2)c1. The summed E-state index contributed by atoms with van der Waals surface area (Å²) in [6, 6.07) is 4.53. The lowest BCUT2D eigenvalue weighted by Crippen LogP contribution is -2.56. The summed E-state index contributed by atoms with van der Waals surface area (Å²) >= 11 is 6.26. The number of aliphatic hydroxyl groups is 1. The first-order chi connectivity index (χ1) is 18.9. The smallest absolute Gasteiger partial charge is 0.255 e. The van der Waals surface area contributed by atoms with Gasteiger partial charge in [0.2, 0.25) is 5.91 Å². The molecule has 0 radical (unpaired) electrons. The Balaban J connectivity index is 1.31. The lowest BCUT2D eigenvalue weighted by Gasteiger charge is -2.42. The molecule has 2 saturated carbocycles. The van der Waals surface area contributed by atoms with E-state index in [9.17, 15) is 36.3 Å². The molecule has 4 N–H and O–H groups in total. The van der Waals surface area contributed by atoms with Crippen molar-refractivity contribution in [3.05, 3.63) is 58.4 Å². The fraction of sp³-hybridized carbons (Fsp3) is 0.481. The molecular formula is C27H29ClF3N3O5S. The van der Waals surface area contributed by atoms with E-state index in [2.05, 4.69) is 16.0 Å². The summed E-state index contributed by atoms with van der Waals surface area (Å²) in [6.07, 6.45) is 3.19. The van der Waals surface area contributed by atoms with Crippen molar-refractivity contribution < 1.29 is 36.3 Å². The van der Waals surface area contributed by atoms with Gasteiger partial charge >= 0.3 is 0 Å². The molecule has 8 nitrogen and oxygen atoms in total. The molecule has 216 valence electrons. The summed E-state index contributed by atoms with van der Waals surface area (Å²) in [5, 5.41) is 18.7. The van der Waals surface area contributed by atoms with E-state index in [1.165, 1.54) is 12.1 Å². The van der Waals surface area contributed by atoms with Gasteiger partial charge in [0.05, 0.1) is 26.8 Å². The minimum absolute atomic E-state index is 0.0487. The normalized spacial score (nSPS) is 27.9. The molecule has 3 fully saturated rings. The molecule has 1 heterocycles. The molecule has 2 aromatic rings. The number of anilines is 1. The summed E-state index contributed by atoms with van der Waals surface area (Å²) in [7, 11) is -4.05. The molecule has 5 atom stereocenters. The van der Waals surface area contributed by atoms with E-state index in [0.29, 0.717) is 25.0 Å². The fourth-order valence-corrected chi connectivity index (χ4v) is 8.69. The van der Waals surface area contributed by atoms with E-state index in [4.69, 9.17) is 11.6 Å². The minimum Gasteiger partial charge on any atom is -0.387 e. The number of rotatable bonds is 7. The van der Waals surface area contributed by atoms with Crippen LogP contribution >= 0.6 is 11.6 Å². The maximum atomic E-state index is 13.7. The lowest BCUT2D eigenvalue weighted by atomic mass is 9.74. The van der Waals surface area contributed by atoms with Crippen molar-refractivity contribution in [3.63, 3.8) is 0 Å². The second-order valence-corrected chi connectivity index (χ2v) is 13.4. The minimum atomic E-state index is -4.05. The van der Waals surface area contributed by atoms with Crippen molar-refractivity contribution in [2.75, 3.05) is 18.4 Å². The average Bonchev–Trinajstić information content (AvgIpc) is 3.48. The van der Waals surface area contributed by atoms with Crippen molar-refractivity contribution in [2.24, 2.45) is 11.8 Å². The van der Waals surface area contributed by atoms with Gasteiger partial charge in [0.15, 0.2) is 27.3 Å². The number of sulfone groups is 1. The van der Waals surface area contributed by atoms with E-state index in [1.54, 1.807) is 0 Å². The number of hydrogen-bond acceptors (Lipinski definition) is 6. The molecule has 3 aliphatic rings. The van der Waals surface area contributed by atoms with Gasteiger partial charge in [0.25, 0.3) is 5.91 Å². The Labute approximate surface area is 234 Å². The zero-order chi connectivity index (χ0) is 28.8. The predicted octanol–water partition coefficient (Wildman–Crippen LogP) is 3.57. The molecule has 2 aliphatic carbocycles. The molecular weight excluding hydrogens is 571 g/mol. The molecule has 40 heavy (non-hydrogen) atoms. The zero-order valence-corrected chi connectivity index (χ0v) is 22.9. The number of carbonyl (C=O) groups excluding carboxylic acids is 2. The molecule has 0 aromatic heterocycles. The standard InChI is InChI=1S/C27H29ClF3N3O5S/c28-19-6-3-14(25(35)34-17-11-20(29)24(31)21(30)12-17)8-23(19)40(38,39)18-9-15-4-5-16(10-18)27(15,37)13-33-26(36)22-2-1-7-32-22/h3,6,8,11-12,15-16,18,22,32,37H,1-2,4-5,7,9-10,13H2,(H,33,36)(H,34,35)/t15-,16?,18-,22-,27-/m0/s1. The number of carbonyl (C=O) groups is 2. The van der Waals surface area contributed by atoms with E-state index < -0.39 is 44.0 Å². The van der Waals surface area contributed by atoms with Crippen molar-refractivity contribution in [1.82, 2.24) is 10.6 Å². The summed E-state index contributed by atoms with van der Waals surface area (Å²) in [5.74, 6) is -6.41. The Hall–Kier alpha value is -2.67. The van der Waals surface area contributed by atoms with Crippen LogP contribution in [0.1, 0.15) is 48.9 Å². The van der Waals surface area contributed by atoms with Gasteiger partial charge in [-0.25, -0.2) is 21.6 Å². The highest BCUT2D eigenvalue weighted by Gasteiger charge is 2.55. The molecule has 2 aromatic carbocycles. The zero-order valence-electron chi connectivity index (χ0n) is 21.4. The van der Waals surface area contributed by atoms with Gasteiger partial charge in [-0.15, -0.1) is 0 Å². The van der Waals surface area contributed by atoms with E-state index in [1.807, 2.05) is 0 Å². The van der Waals surface area contributed by atoms with Crippen LogP contribution < -0.4 is 16.0 Å². The number of amides is 2. The summed E-state index contributed by atoms with van der Waals surface area (Å²) in [6.45, 7) is 0.814. The quantitative estimate of drug-likeness (QED) is 0.361. The third-order valence-corrected chi connectivity index (χ3v) is 11.1. The maximum Gasteiger partial charge on any atom is 0.255 e. The van der Waals surface area contributed by atoms with Gasteiger partial charge in [0.1, 0.15) is 0 Å². The largest absolute Gasteiger partial charge is 0.387 e. The number of halogens is 4. The summed E-state index contributed by atoms with van der Waals surface area (Å²) in [4.78, 5) is 25.0. The Morgan fingerprint density at radius 3 is 2.30 bits per heavy atom. The van der Waals surface area contributed by atoms with Gasteiger partial charge in [-0.3, -0.25) is 9.59 Å².